The Kier molecular flexibility index (Phi) is 4.11. The van der Waals surface area contributed by atoms with Crippen LogP contribution in [0, 0.1) is 5.92 Å². The predicted molar refractivity (Wildman–Crippen MR) is 87.7 cm³/mol. The van der Waals surface area contributed by atoms with Crippen molar-refractivity contribution in [3.8, 4) is 11.6 Å². The number of ether oxygens (including phenoxy) is 2. The molecule has 5 heteroatoms. The Balaban J connectivity index is 1.40. The average Bonchev–Trinajstić information content (AvgIpc) is 3.04. The van der Waals surface area contributed by atoms with E-state index in [-0.39, 0.29) is 0 Å². The molecule has 3 unspecified atom stereocenters. The highest BCUT2D eigenvalue weighted by atomic mass is 16.5. The number of fused-ring (bicyclic) bond motifs is 1. The Morgan fingerprint density at radius 3 is 2.91 bits per heavy atom. The zero-order chi connectivity index (χ0) is 15.5. The van der Waals surface area contributed by atoms with Gasteiger partial charge in [0.15, 0.2) is 0 Å². The molecule has 2 fully saturated rings. The van der Waals surface area contributed by atoms with Crippen molar-refractivity contribution in [3.05, 3.63) is 42.6 Å². The SMILES string of the molecule is c1ccc(Oc2ccnc(NC3CCC4OCCC4C3)n2)cc1. The molecule has 1 aromatic carbocycles. The lowest BCUT2D eigenvalue weighted by Crippen LogP contribution is -2.33. The normalized spacial score (nSPS) is 26.5. The van der Waals surface area contributed by atoms with Crippen LogP contribution >= 0.6 is 0 Å². The van der Waals surface area contributed by atoms with Gasteiger partial charge in [0.2, 0.25) is 11.8 Å². The van der Waals surface area contributed by atoms with Gasteiger partial charge in [0.25, 0.3) is 0 Å². The molecule has 2 aliphatic rings. The lowest BCUT2D eigenvalue weighted by atomic mass is 9.83. The van der Waals surface area contributed by atoms with Crippen molar-refractivity contribution in [1.82, 2.24) is 9.97 Å². The summed E-state index contributed by atoms with van der Waals surface area (Å²) in [6.45, 7) is 0.916. The molecule has 1 N–H and O–H groups in total. The van der Waals surface area contributed by atoms with Crippen LogP contribution in [-0.4, -0.2) is 28.7 Å². The summed E-state index contributed by atoms with van der Waals surface area (Å²) >= 11 is 0. The molecular weight excluding hydrogens is 290 g/mol. The molecule has 4 rings (SSSR count). The van der Waals surface area contributed by atoms with E-state index in [0.717, 1.165) is 31.6 Å². The molecule has 1 aromatic heterocycles. The van der Waals surface area contributed by atoms with Gasteiger partial charge >= 0.3 is 0 Å². The molecular formula is C18H21N3O2. The first-order chi connectivity index (χ1) is 11.4. The zero-order valence-electron chi connectivity index (χ0n) is 13.0. The Morgan fingerprint density at radius 2 is 2.00 bits per heavy atom. The van der Waals surface area contributed by atoms with Crippen molar-refractivity contribution < 1.29 is 9.47 Å². The topological polar surface area (TPSA) is 56.3 Å². The summed E-state index contributed by atoms with van der Waals surface area (Å²) in [6.07, 6.45) is 6.76. The van der Waals surface area contributed by atoms with Gasteiger partial charge in [-0.15, -0.1) is 0 Å². The third-order valence-electron chi connectivity index (χ3n) is 4.66. The fourth-order valence-corrected chi connectivity index (χ4v) is 3.52. The molecule has 0 bridgehead atoms. The van der Waals surface area contributed by atoms with Crippen molar-refractivity contribution in [2.45, 2.75) is 37.8 Å². The summed E-state index contributed by atoms with van der Waals surface area (Å²) in [5.74, 6) is 2.66. The summed E-state index contributed by atoms with van der Waals surface area (Å²) in [7, 11) is 0. The van der Waals surface area contributed by atoms with Gasteiger partial charge in [-0.05, 0) is 43.7 Å². The van der Waals surface area contributed by atoms with E-state index in [9.17, 15) is 0 Å². The van der Waals surface area contributed by atoms with Gasteiger partial charge in [0, 0.05) is 24.9 Å². The van der Waals surface area contributed by atoms with E-state index in [4.69, 9.17) is 9.47 Å². The number of hydrogen-bond donors (Lipinski definition) is 1. The van der Waals surface area contributed by atoms with Gasteiger partial charge in [0.1, 0.15) is 5.75 Å². The van der Waals surface area contributed by atoms with Crippen molar-refractivity contribution >= 4 is 5.95 Å². The van der Waals surface area contributed by atoms with Crippen LogP contribution in [-0.2, 0) is 4.74 Å². The first-order valence-electron chi connectivity index (χ1n) is 8.31. The van der Waals surface area contributed by atoms with E-state index in [1.165, 1.54) is 6.42 Å². The molecule has 120 valence electrons. The van der Waals surface area contributed by atoms with E-state index in [1.807, 2.05) is 30.3 Å². The maximum atomic E-state index is 5.77. The fourth-order valence-electron chi connectivity index (χ4n) is 3.52. The highest BCUT2D eigenvalue weighted by Gasteiger charge is 2.34. The van der Waals surface area contributed by atoms with Crippen LogP contribution in [0.15, 0.2) is 42.6 Å². The molecule has 1 saturated heterocycles. The smallest absolute Gasteiger partial charge is 0.226 e. The van der Waals surface area contributed by atoms with Gasteiger partial charge in [-0.2, -0.15) is 4.98 Å². The van der Waals surface area contributed by atoms with E-state index in [1.54, 1.807) is 12.3 Å². The van der Waals surface area contributed by atoms with Crippen molar-refractivity contribution in [1.29, 1.82) is 0 Å². The Hall–Kier alpha value is -2.14. The first kappa shape index (κ1) is 14.5. The molecule has 3 atom stereocenters. The van der Waals surface area contributed by atoms with Crippen molar-refractivity contribution in [3.63, 3.8) is 0 Å². The number of aromatic nitrogens is 2. The van der Waals surface area contributed by atoms with Crippen LogP contribution in [0.5, 0.6) is 11.6 Å². The first-order valence-corrected chi connectivity index (χ1v) is 8.31. The van der Waals surface area contributed by atoms with Gasteiger partial charge in [-0.3, -0.25) is 0 Å². The maximum absolute atomic E-state index is 5.77. The van der Waals surface area contributed by atoms with E-state index in [2.05, 4.69) is 15.3 Å². The lowest BCUT2D eigenvalue weighted by molar-refractivity contribution is 0.0633. The van der Waals surface area contributed by atoms with Crippen molar-refractivity contribution in [2.75, 3.05) is 11.9 Å². The van der Waals surface area contributed by atoms with Crippen LogP contribution < -0.4 is 10.1 Å². The highest BCUT2D eigenvalue weighted by molar-refractivity contribution is 5.32. The van der Waals surface area contributed by atoms with E-state index < -0.39 is 0 Å². The largest absolute Gasteiger partial charge is 0.439 e. The quantitative estimate of drug-likeness (QED) is 0.934. The number of para-hydroxylation sites is 1. The Labute approximate surface area is 136 Å². The van der Waals surface area contributed by atoms with Crippen LogP contribution in [0.2, 0.25) is 0 Å². The lowest BCUT2D eigenvalue weighted by Gasteiger charge is -2.31. The summed E-state index contributed by atoms with van der Waals surface area (Å²) in [5.41, 5.74) is 0. The third-order valence-corrected chi connectivity index (χ3v) is 4.66. The van der Waals surface area contributed by atoms with Crippen LogP contribution in [0.4, 0.5) is 5.95 Å². The van der Waals surface area contributed by atoms with Gasteiger partial charge in [-0.25, -0.2) is 4.98 Å². The second-order valence-corrected chi connectivity index (χ2v) is 6.25. The summed E-state index contributed by atoms with van der Waals surface area (Å²) < 4.78 is 11.5. The van der Waals surface area contributed by atoms with Gasteiger partial charge in [0.05, 0.1) is 6.10 Å². The minimum absolute atomic E-state index is 0.421. The third kappa shape index (κ3) is 3.45. The summed E-state index contributed by atoms with van der Waals surface area (Å²) in [4.78, 5) is 8.80. The van der Waals surface area contributed by atoms with E-state index in [0.29, 0.717) is 29.9 Å². The van der Waals surface area contributed by atoms with Crippen molar-refractivity contribution in [2.24, 2.45) is 5.92 Å². The number of nitrogens with zero attached hydrogens (tertiary/aromatic N) is 2. The molecule has 1 aliphatic heterocycles. The second-order valence-electron chi connectivity index (χ2n) is 6.25. The van der Waals surface area contributed by atoms with Gasteiger partial charge < -0.3 is 14.8 Å². The maximum Gasteiger partial charge on any atom is 0.226 e. The van der Waals surface area contributed by atoms with Crippen LogP contribution in [0.3, 0.4) is 0 Å². The zero-order valence-corrected chi connectivity index (χ0v) is 13.0. The molecule has 5 nitrogen and oxygen atoms in total. The predicted octanol–water partition coefficient (Wildman–Crippen LogP) is 3.64. The molecule has 0 radical (unpaired) electrons. The molecule has 0 amide bonds. The minimum atomic E-state index is 0.421. The van der Waals surface area contributed by atoms with Gasteiger partial charge in [-0.1, -0.05) is 18.2 Å². The Morgan fingerprint density at radius 1 is 1.09 bits per heavy atom. The number of rotatable bonds is 4. The monoisotopic (exact) mass is 311 g/mol. The minimum Gasteiger partial charge on any atom is -0.439 e. The standard InChI is InChI=1S/C18H21N3O2/c1-2-4-15(5-3-1)23-17-8-10-19-18(21-17)20-14-6-7-16-13(12-14)9-11-22-16/h1-5,8,10,13-14,16H,6-7,9,11-12H2,(H,19,20,21). The molecule has 23 heavy (non-hydrogen) atoms. The summed E-state index contributed by atoms with van der Waals surface area (Å²) in [6, 6.07) is 11.9. The summed E-state index contributed by atoms with van der Waals surface area (Å²) in [5, 5.41) is 3.46. The number of hydrogen-bond acceptors (Lipinski definition) is 5. The van der Waals surface area contributed by atoms with E-state index >= 15 is 0 Å². The number of benzene rings is 1. The Bertz CT molecular complexity index is 650. The van der Waals surface area contributed by atoms with Crippen LogP contribution in [0.25, 0.3) is 0 Å². The molecule has 2 heterocycles. The second kappa shape index (κ2) is 6.54. The molecule has 2 aromatic rings. The van der Waals surface area contributed by atoms with Crippen LogP contribution in [0.1, 0.15) is 25.7 Å². The average molecular weight is 311 g/mol. The highest BCUT2D eigenvalue weighted by Crippen LogP contribution is 2.35. The molecule has 0 spiro atoms. The fraction of sp³-hybridized carbons (Fsp3) is 0.444. The number of anilines is 1. The molecule has 1 aliphatic carbocycles. The molecule has 1 saturated carbocycles. The number of nitrogens with one attached hydrogen (secondary N) is 1.